The number of carbonyl (C=O) groups excluding carboxylic acids is 1. The zero-order chi connectivity index (χ0) is 19.4. The number of nitrogens with zero attached hydrogens (tertiary/aromatic N) is 1. The largest absolute Gasteiger partial charge is 0.490 e. The summed E-state index contributed by atoms with van der Waals surface area (Å²) in [7, 11) is 0. The number of hydrogen-bond acceptors (Lipinski definition) is 5. The minimum absolute atomic E-state index is 0.130. The Morgan fingerprint density at radius 2 is 1.85 bits per heavy atom. The molecule has 7 heteroatoms. The summed E-state index contributed by atoms with van der Waals surface area (Å²) in [6, 6.07) is 13.2. The van der Waals surface area contributed by atoms with Gasteiger partial charge in [0, 0.05) is 4.47 Å². The first kappa shape index (κ1) is 19.9. The molecule has 1 heterocycles. The predicted octanol–water partition coefficient (Wildman–Crippen LogP) is 5.65. The lowest BCUT2D eigenvalue weighted by Crippen LogP contribution is -2.27. The third-order valence-electron chi connectivity index (χ3n) is 3.73. The molecule has 1 saturated heterocycles. The molecular formula is C20H18BrNO3S2. The Bertz CT molecular complexity index is 914. The van der Waals surface area contributed by atoms with Gasteiger partial charge in [0.05, 0.1) is 23.8 Å². The summed E-state index contributed by atoms with van der Waals surface area (Å²) >= 11 is 10.2. The van der Waals surface area contributed by atoms with E-state index < -0.39 is 0 Å². The fourth-order valence-electron chi connectivity index (χ4n) is 2.61. The summed E-state index contributed by atoms with van der Waals surface area (Å²) in [4.78, 5) is 15.0. The molecule has 0 aliphatic carbocycles. The van der Waals surface area contributed by atoms with Gasteiger partial charge in [0.2, 0.25) is 0 Å². The summed E-state index contributed by atoms with van der Waals surface area (Å²) in [5, 5.41) is 0. The Kier molecular flexibility index (Phi) is 6.57. The Hall–Kier alpha value is -1.83. The number of rotatable bonds is 6. The molecule has 0 radical (unpaired) electrons. The lowest BCUT2D eigenvalue weighted by Gasteiger charge is -2.14. The highest BCUT2D eigenvalue weighted by molar-refractivity contribution is 9.10. The second-order valence-electron chi connectivity index (χ2n) is 5.57. The van der Waals surface area contributed by atoms with Crippen LogP contribution in [0, 0.1) is 0 Å². The summed E-state index contributed by atoms with van der Waals surface area (Å²) in [5.74, 6) is 1.23. The van der Waals surface area contributed by atoms with Crippen molar-refractivity contribution in [1.82, 2.24) is 0 Å². The SMILES string of the molecule is CCOc1ccc(/C=C2/SC(=S)N(c3cccc(Br)c3)C2=O)cc1OCC. The van der Waals surface area contributed by atoms with Crippen molar-refractivity contribution in [3.8, 4) is 11.5 Å². The Morgan fingerprint density at radius 1 is 1.11 bits per heavy atom. The van der Waals surface area contributed by atoms with Crippen LogP contribution >= 0.6 is 39.9 Å². The molecule has 27 heavy (non-hydrogen) atoms. The molecule has 1 amide bonds. The maximum atomic E-state index is 12.9. The fraction of sp³-hybridized carbons (Fsp3) is 0.200. The van der Waals surface area contributed by atoms with Gasteiger partial charge in [-0.15, -0.1) is 0 Å². The van der Waals surface area contributed by atoms with E-state index in [1.54, 1.807) is 4.90 Å². The normalized spacial score (nSPS) is 15.5. The molecule has 0 N–H and O–H groups in total. The molecule has 1 aliphatic heterocycles. The molecule has 0 aromatic heterocycles. The summed E-state index contributed by atoms with van der Waals surface area (Å²) < 4.78 is 12.7. The third-order valence-corrected chi connectivity index (χ3v) is 5.52. The average molecular weight is 464 g/mol. The number of thiocarbonyl (C=S) groups is 1. The van der Waals surface area contributed by atoms with Gasteiger partial charge in [0.25, 0.3) is 5.91 Å². The monoisotopic (exact) mass is 463 g/mol. The third kappa shape index (κ3) is 4.54. The molecule has 3 rings (SSSR count). The van der Waals surface area contributed by atoms with Crippen molar-refractivity contribution >= 4 is 61.9 Å². The highest BCUT2D eigenvalue weighted by Gasteiger charge is 2.33. The van der Waals surface area contributed by atoms with Crippen molar-refractivity contribution in [3.63, 3.8) is 0 Å². The smallest absolute Gasteiger partial charge is 0.270 e. The zero-order valence-electron chi connectivity index (χ0n) is 14.9. The maximum Gasteiger partial charge on any atom is 0.270 e. The van der Waals surface area contributed by atoms with Crippen molar-refractivity contribution < 1.29 is 14.3 Å². The van der Waals surface area contributed by atoms with Gasteiger partial charge in [0.1, 0.15) is 0 Å². The molecular weight excluding hydrogens is 446 g/mol. The van der Waals surface area contributed by atoms with Crippen LogP contribution in [-0.4, -0.2) is 23.4 Å². The van der Waals surface area contributed by atoms with E-state index in [0.717, 1.165) is 15.7 Å². The molecule has 1 aliphatic rings. The van der Waals surface area contributed by atoms with Crippen LogP contribution in [0.1, 0.15) is 19.4 Å². The number of anilines is 1. The van der Waals surface area contributed by atoms with Gasteiger partial charge in [-0.25, -0.2) is 0 Å². The molecule has 0 unspecified atom stereocenters. The van der Waals surface area contributed by atoms with Crippen LogP contribution in [0.25, 0.3) is 6.08 Å². The lowest BCUT2D eigenvalue weighted by molar-refractivity contribution is -0.113. The number of halogens is 1. The minimum atomic E-state index is -0.130. The summed E-state index contributed by atoms with van der Waals surface area (Å²) in [6.45, 7) is 4.95. The molecule has 4 nitrogen and oxygen atoms in total. The first-order chi connectivity index (χ1) is 13.0. The topological polar surface area (TPSA) is 38.8 Å². The highest BCUT2D eigenvalue weighted by atomic mass is 79.9. The number of carbonyl (C=O) groups is 1. The van der Waals surface area contributed by atoms with Crippen LogP contribution in [-0.2, 0) is 4.79 Å². The minimum Gasteiger partial charge on any atom is -0.490 e. The maximum absolute atomic E-state index is 12.9. The van der Waals surface area contributed by atoms with Gasteiger partial charge in [-0.3, -0.25) is 9.69 Å². The first-order valence-electron chi connectivity index (χ1n) is 8.46. The molecule has 1 fully saturated rings. The molecule has 2 aromatic rings. The average Bonchev–Trinajstić information content (AvgIpc) is 2.91. The van der Waals surface area contributed by atoms with E-state index in [9.17, 15) is 4.79 Å². The Balaban J connectivity index is 1.90. The standard InChI is InChI=1S/C20H18BrNO3S2/c1-3-24-16-9-8-13(10-17(16)25-4-2)11-18-19(23)22(20(26)27-18)15-7-5-6-14(21)12-15/h5-12H,3-4H2,1-2H3/b18-11+. The number of benzene rings is 2. The quantitative estimate of drug-likeness (QED) is 0.408. The first-order valence-corrected chi connectivity index (χ1v) is 10.5. The fourth-order valence-corrected chi connectivity index (χ4v) is 4.30. The van der Waals surface area contributed by atoms with E-state index in [1.807, 2.05) is 62.4 Å². The lowest BCUT2D eigenvalue weighted by atomic mass is 10.1. The van der Waals surface area contributed by atoms with Crippen molar-refractivity contribution in [2.75, 3.05) is 18.1 Å². The highest BCUT2D eigenvalue weighted by Crippen LogP contribution is 2.37. The van der Waals surface area contributed by atoms with Crippen molar-refractivity contribution in [3.05, 3.63) is 57.4 Å². The van der Waals surface area contributed by atoms with Crippen molar-refractivity contribution in [2.45, 2.75) is 13.8 Å². The van der Waals surface area contributed by atoms with Gasteiger partial charge in [-0.05, 0) is 55.8 Å². The van der Waals surface area contributed by atoms with Crippen LogP contribution in [0.2, 0.25) is 0 Å². The molecule has 0 saturated carbocycles. The zero-order valence-corrected chi connectivity index (χ0v) is 18.1. The van der Waals surface area contributed by atoms with E-state index in [-0.39, 0.29) is 5.91 Å². The van der Waals surface area contributed by atoms with Gasteiger partial charge in [0.15, 0.2) is 15.8 Å². The van der Waals surface area contributed by atoms with Crippen LogP contribution in [0.5, 0.6) is 11.5 Å². The van der Waals surface area contributed by atoms with Crippen molar-refractivity contribution in [1.29, 1.82) is 0 Å². The van der Waals surface area contributed by atoms with Gasteiger partial charge in [-0.2, -0.15) is 0 Å². The number of thioether (sulfide) groups is 1. The van der Waals surface area contributed by atoms with Crippen LogP contribution in [0.4, 0.5) is 5.69 Å². The molecule has 0 spiro atoms. The van der Waals surface area contributed by atoms with E-state index in [4.69, 9.17) is 21.7 Å². The van der Waals surface area contributed by atoms with Crippen LogP contribution in [0.15, 0.2) is 51.8 Å². The van der Waals surface area contributed by atoms with E-state index in [1.165, 1.54) is 11.8 Å². The molecule has 140 valence electrons. The van der Waals surface area contributed by atoms with Crippen LogP contribution in [0.3, 0.4) is 0 Å². The molecule has 2 aromatic carbocycles. The summed E-state index contributed by atoms with van der Waals surface area (Å²) in [5.41, 5.74) is 1.61. The number of amides is 1. The van der Waals surface area contributed by atoms with Crippen LogP contribution < -0.4 is 14.4 Å². The second-order valence-corrected chi connectivity index (χ2v) is 8.16. The van der Waals surface area contributed by atoms with E-state index >= 15 is 0 Å². The Morgan fingerprint density at radius 3 is 2.56 bits per heavy atom. The van der Waals surface area contributed by atoms with Gasteiger partial charge < -0.3 is 9.47 Å². The Labute approximate surface area is 176 Å². The van der Waals surface area contributed by atoms with E-state index in [2.05, 4.69) is 15.9 Å². The second kappa shape index (κ2) is 8.91. The van der Waals surface area contributed by atoms with E-state index in [0.29, 0.717) is 33.9 Å². The van der Waals surface area contributed by atoms with Gasteiger partial charge in [-0.1, -0.05) is 52.0 Å². The molecule has 0 atom stereocenters. The van der Waals surface area contributed by atoms with Crippen molar-refractivity contribution in [2.24, 2.45) is 0 Å². The summed E-state index contributed by atoms with van der Waals surface area (Å²) in [6.07, 6.45) is 1.83. The number of ether oxygens (including phenoxy) is 2. The predicted molar refractivity (Wildman–Crippen MR) is 119 cm³/mol. The molecule has 0 bridgehead atoms. The number of hydrogen-bond donors (Lipinski definition) is 0. The van der Waals surface area contributed by atoms with Gasteiger partial charge >= 0.3 is 0 Å².